The number of anilines is 1. The minimum absolute atomic E-state index is 0.0897. The summed E-state index contributed by atoms with van der Waals surface area (Å²) in [6.45, 7) is 5.53. The lowest BCUT2D eigenvalue weighted by atomic mass is 10.1. The predicted molar refractivity (Wildman–Crippen MR) is 62.5 cm³/mol. The molecule has 86 valence electrons. The predicted octanol–water partition coefficient (Wildman–Crippen LogP) is 1.52. The minimum atomic E-state index is -0.410. The normalized spacial score (nSPS) is 18.6. The van der Waals surface area contributed by atoms with E-state index in [2.05, 4.69) is 17.6 Å². The fourth-order valence-corrected chi connectivity index (χ4v) is 1.64. The second-order valence-corrected chi connectivity index (χ2v) is 3.86. The molecule has 4 nitrogen and oxygen atoms in total. The minimum Gasteiger partial charge on any atom is -0.479 e. The van der Waals surface area contributed by atoms with Crippen molar-refractivity contribution in [3.8, 4) is 5.75 Å². The van der Waals surface area contributed by atoms with Gasteiger partial charge in [0, 0.05) is 6.54 Å². The van der Waals surface area contributed by atoms with Gasteiger partial charge in [-0.25, -0.2) is 0 Å². The molecule has 1 aromatic rings. The number of nitrogens with one attached hydrogen (secondary N) is 2. The lowest BCUT2D eigenvalue weighted by Crippen LogP contribution is -2.34. The summed E-state index contributed by atoms with van der Waals surface area (Å²) in [6, 6.07) is 5.85. The van der Waals surface area contributed by atoms with Crippen LogP contribution in [-0.4, -0.2) is 18.6 Å². The first-order valence-electron chi connectivity index (χ1n) is 5.52. The van der Waals surface area contributed by atoms with Crippen molar-refractivity contribution in [2.75, 3.05) is 11.9 Å². The third kappa shape index (κ3) is 2.17. The van der Waals surface area contributed by atoms with Crippen molar-refractivity contribution in [3.63, 3.8) is 0 Å². The second-order valence-electron chi connectivity index (χ2n) is 3.86. The molecular formula is C12H16N2O2. The van der Waals surface area contributed by atoms with Gasteiger partial charge in [-0.2, -0.15) is 0 Å². The van der Waals surface area contributed by atoms with Crippen molar-refractivity contribution in [1.29, 1.82) is 0 Å². The first-order chi connectivity index (χ1) is 7.70. The van der Waals surface area contributed by atoms with E-state index in [1.807, 2.05) is 18.2 Å². The van der Waals surface area contributed by atoms with Gasteiger partial charge in [0.05, 0.1) is 5.69 Å². The van der Waals surface area contributed by atoms with Gasteiger partial charge < -0.3 is 15.4 Å². The highest BCUT2D eigenvalue weighted by molar-refractivity contribution is 5.97. The number of fused-ring (bicyclic) bond motifs is 1. The number of carbonyl (C=O) groups excluding carboxylic acids is 1. The number of hydrogen-bond donors (Lipinski definition) is 2. The standard InChI is InChI=1S/C12H16N2O2/c1-3-13-7-9-4-5-11-10(6-9)14-12(15)8(2)16-11/h4-6,8,13H,3,7H2,1-2H3,(H,14,15). The molecule has 16 heavy (non-hydrogen) atoms. The second kappa shape index (κ2) is 4.53. The first-order valence-corrected chi connectivity index (χ1v) is 5.52. The van der Waals surface area contributed by atoms with E-state index in [9.17, 15) is 4.79 Å². The number of rotatable bonds is 3. The van der Waals surface area contributed by atoms with Crippen LogP contribution in [0.15, 0.2) is 18.2 Å². The fourth-order valence-electron chi connectivity index (χ4n) is 1.64. The van der Waals surface area contributed by atoms with E-state index in [1.165, 1.54) is 0 Å². The van der Waals surface area contributed by atoms with Crippen LogP contribution in [0.4, 0.5) is 5.69 Å². The summed E-state index contributed by atoms with van der Waals surface area (Å²) in [5.74, 6) is 0.653. The average Bonchev–Trinajstić information content (AvgIpc) is 2.28. The maximum absolute atomic E-state index is 11.4. The highest BCUT2D eigenvalue weighted by Crippen LogP contribution is 2.30. The smallest absolute Gasteiger partial charge is 0.265 e. The van der Waals surface area contributed by atoms with E-state index in [4.69, 9.17) is 4.74 Å². The van der Waals surface area contributed by atoms with Gasteiger partial charge in [-0.05, 0) is 31.2 Å². The van der Waals surface area contributed by atoms with Crippen molar-refractivity contribution in [1.82, 2.24) is 5.32 Å². The molecule has 1 aromatic carbocycles. The Labute approximate surface area is 95.0 Å². The van der Waals surface area contributed by atoms with Crippen LogP contribution in [0.3, 0.4) is 0 Å². The maximum atomic E-state index is 11.4. The Hall–Kier alpha value is -1.55. The molecule has 0 bridgehead atoms. The summed E-state index contributed by atoms with van der Waals surface area (Å²) < 4.78 is 5.47. The van der Waals surface area contributed by atoms with Crippen molar-refractivity contribution in [2.24, 2.45) is 0 Å². The van der Waals surface area contributed by atoms with Gasteiger partial charge in [0.2, 0.25) is 0 Å². The SMILES string of the molecule is CCNCc1ccc2c(c1)NC(=O)C(C)O2. The Morgan fingerprint density at radius 1 is 1.50 bits per heavy atom. The lowest BCUT2D eigenvalue weighted by molar-refractivity contribution is -0.122. The fraction of sp³-hybridized carbons (Fsp3) is 0.417. The summed E-state index contributed by atoms with van der Waals surface area (Å²) in [4.78, 5) is 11.4. The van der Waals surface area contributed by atoms with Gasteiger partial charge in [-0.1, -0.05) is 13.0 Å². The molecule has 1 aliphatic rings. The van der Waals surface area contributed by atoms with E-state index in [0.29, 0.717) is 0 Å². The van der Waals surface area contributed by atoms with E-state index < -0.39 is 6.10 Å². The van der Waals surface area contributed by atoms with E-state index in [1.54, 1.807) is 6.92 Å². The molecule has 0 fully saturated rings. The summed E-state index contributed by atoms with van der Waals surface area (Å²) in [5.41, 5.74) is 1.90. The largest absolute Gasteiger partial charge is 0.479 e. The van der Waals surface area contributed by atoms with Crippen LogP contribution < -0.4 is 15.4 Å². The van der Waals surface area contributed by atoms with E-state index in [0.717, 1.165) is 30.1 Å². The molecule has 0 saturated carbocycles. The van der Waals surface area contributed by atoms with Crippen LogP contribution in [0.5, 0.6) is 5.75 Å². The molecule has 0 radical (unpaired) electrons. The highest BCUT2D eigenvalue weighted by atomic mass is 16.5. The Morgan fingerprint density at radius 2 is 2.31 bits per heavy atom. The van der Waals surface area contributed by atoms with Gasteiger partial charge in [0.1, 0.15) is 5.75 Å². The molecule has 0 saturated heterocycles. The molecule has 1 heterocycles. The number of ether oxygens (including phenoxy) is 1. The molecular weight excluding hydrogens is 204 g/mol. The molecule has 2 N–H and O–H groups in total. The van der Waals surface area contributed by atoms with Gasteiger partial charge >= 0.3 is 0 Å². The Balaban J connectivity index is 2.19. The molecule has 1 aliphatic heterocycles. The van der Waals surface area contributed by atoms with Crippen LogP contribution in [0, 0.1) is 0 Å². The van der Waals surface area contributed by atoms with Gasteiger partial charge in [0.15, 0.2) is 6.10 Å². The first kappa shape index (κ1) is 11.0. The van der Waals surface area contributed by atoms with Crippen molar-refractivity contribution in [2.45, 2.75) is 26.5 Å². The average molecular weight is 220 g/mol. The number of benzene rings is 1. The zero-order valence-corrected chi connectivity index (χ0v) is 9.54. The third-order valence-electron chi connectivity index (χ3n) is 2.55. The molecule has 2 rings (SSSR count). The van der Waals surface area contributed by atoms with Crippen LogP contribution in [0.2, 0.25) is 0 Å². The summed E-state index contributed by atoms with van der Waals surface area (Å²) in [7, 11) is 0. The summed E-state index contributed by atoms with van der Waals surface area (Å²) >= 11 is 0. The Morgan fingerprint density at radius 3 is 3.06 bits per heavy atom. The Kier molecular flexibility index (Phi) is 3.10. The van der Waals surface area contributed by atoms with Crippen molar-refractivity contribution < 1.29 is 9.53 Å². The van der Waals surface area contributed by atoms with Crippen LogP contribution >= 0.6 is 0 Å². The Bertz CT molecular complexity index is 404. The molecule has 4 heteroatoms. The maximum Gasteiger partial charge on any atom is 0.265 e. The van der Waals surface area contributed by atoms with Gasteiger partial charge in [0.25, 0.3) is 5.91 Å². The number of hydrogen-bond acceptors (Lipinski definition) is 3. The molecule has 0 aliphatic carbocycles. The topological polar surface area (TPSA) is 50.4 Å². The monoisotopic (exact) mass is 220 g/mol. The molecule has 0 aromatic heterocycles. The van der Waals surface area contributed by atoms with Crippen LogP contribution in [0.1, 0.15) is 19.4 Å². The summed E-state index contributed by atoms with van der Waals surface area (Å²) in [6.07, 6.45) is -0.410. The zero-order valence-electron chi connectivity index (χ0n) is 9.54. The van der Waals surface area contributed by atoms with Crippen LogP contribution in [-0.2, 0) is 11.3 Å². The highest BCUT2D eigenvalue weighted by Gasteiger charge is 2.23. The molecule has 0 spiro atoms. The van der Waals surface area contributed by atoms with Crippen molar-refractivity contribution in [3.05, 3.63) is 23.8 Å². The molecule has 1 unspecified atom stereocenters. The molecule has 1 atom stereocenters. The third-order valence-corrected chi connectivity index (χ3v) is 2.55. The lowest BCUT2D eigenvalue weighted by Gasteiger charge is -2.23. The van der Waals surface area contributed by atoms with Crippen molar-refractivity contribution >= 4 is 11.6 Å². The van der Waals surface area contributed by atoms with E-state index >= 15 is 0 Å². The van der Waals surface area contributed by atoms with Gasteiger partial charge in [-0.15, -0.1) is 0 Å². The quantitative estimate of drug-likeness (QED) is 0.812. The van der Waals surface area contributed by atoms with E-state index in [-0.39, 0.29) is 5.91 Å². The van der Waals surface area contributed by atoms with Crippen LogP contribution in [0.25, 0.3) is 0 Å². The summed E-state index contributed by atoms with van der Waals surface area (Å²) in [5, 5.41) is 6.07. The number of amides is 1. The molecule has 1 amide bonds. The zero-order chi connectivity index (χ0) is 11.5. The number of carbonyl (C=O) groups is 1. The van der Waals surface area contributed by atoms with Gasteiger partial charge in [-0.3, -0.25) is 4.79 Å².